The van der Waals surface area contributed by atoms with E-state index in [1.54, 1.807) is 0 Å². The summed E-state index contributed by atoms with van der Waals surface area (Å²) in [5, 5.41) is 3.02. The van der Waals surface area contributed by atoms with Crippen LogP contribution >= 0.6 is 24.0 Å². The number of guanidine groups is 1. The first kappa shape index (κ1) is 21.5. The molecule has 0 unspecified atom stereocenters. The lowest BCUT2D eigenvalue weighted by Crippen LogP contribution is -2.35. The van der Waals surface area contributed by atoms with E-state index in [1.807, 2.05) is 42.5 Å². The Morgan fingerprint density at radius 3 is 2.59 bits per heavy atom. The highest BCUT2D eigenvalue weighted by molar-refractivity contribution is 14.0. The minimum absolute atomic E-state index is 0. The lowest BCUT2D eigenvalue weighted by molar-refractivity contribution is 0.592. The van der Waals surface area contributed by atoms with Gasteiger partial charge in [-0.15, -0.1) is 24.0 Å². The third-order valence-electron chi connectivity index (χ3n) is 4.37. The van der Waals surface area contributed by atoms with Crippen LogP contribution in [0.15, 0.2) is 59.6 Å². The zero-order chi connectivity index (χ0) is 18.4. The molecule has 0 radical (unpaired) electrons. The number of halogens is 1. The van der Waals surface area contributed by atoms with Gasteiger partial charge in [0.15, 0.2) is 5.96 Å². The van der Waals surface area contributed by atoms with Crippen molar-refractivity contribution in [1.29, 1.82) is 0 Å². The molecule has 0 bridgehead atoms. The molecule has 1 aliphatic rings. The third kappa shape index (κ3) is 5.83. The molecule has 2 aromatic rings. The van der Waals surface area contributed by atoms with Gasteiger partial charge >= 0.3 is 0 Å². The van der Waals surface area contributed by atoms with Crippen molar-refractivity contribution >= 4 is 45.6 Å². The normalized spacial score (nSPS) is 13.8. The second-order valence-corrected chi connectivity index (χ2v) is 8.21. The summed E-state index contributed by atoms with van der Waals surface area (Å²) in [6, 6.07) is 17.7. The number of nitrogens with zero attached hydrogens (tertiary/aromatic N) is 2. The topological polar surface area (TPSA) is 87.8 Å². The molecular formula is C19H25IN4O2S. The van der Waals surface area contributed by atoms with Gasteiger partial charge in [-0.05, 0) is 30.0 Å². The third-order valence-corrected chi connectivity index (χ3v) is 6.12. The minimum Gasteiger partial charge on any atom is -0.370 e. The number of aliphatic imine (C=N–C) groups is 1. The Kier molecular flexibility index (Phi) is 7.91. The van der Waals surface area contributed by atoms with Gasteiger partial charge in [0.2, 0.25) is 10.0 Å². The summed E-state index contributed by atoms with van der Waals surface area (Å²) >= 11 is 0. The number of hydrogen-bond donors (Lipinski definition) is 2. The molecule has 0 saturated carbocycles. The Labute approximate surface area is 177 Å². The van der Waals surface area contributed by atoms with E-state index in [2.05, 4.69) is 22.4 Å². The van der Waals surface area contributed by atoms with E-state index in [9.17, 15) is 8.42 Å². The van der Waals surface area contributed by atoms with Crippen LogP contribution in [0, 0.1) is 0 Å². The first-order chi connectivity index (χ1) is 12.6. The summed E-state index contributed by atoms with van der Waals surface area (Å²) in [6.45, 7) is 1.30. The number of nitrogens with two attached hydrogens (primary N) is 1. The second kappa shape index (κ2) is 9.93. The van der Waals surface area contributed by atoms with Crippen LogP contribution in [0.3, 0.4) is 0 Å². The van der Waals surface area contributed by atoms with Gasteiger partial charge in [0.05, 0.1) is 18.0 Å². The number of hydrogen-bond acceptors (Lipinski definition) is 3. The first-order valence-electron chi connectivity index (χ1n) is 8.72. The molecule has 0 amide bonds. The van der Waals surface area contributed by atoms with Crippen LogP contribution in [0.5, 0.6) is 0 Å². The second-order valence-electron chi connectivity index (χ2n) is 6.20. The quantitative estimate of drug-likeness (QED) is 0.347. The summed E-state index contributed by atoms with van der Waals surface area (Å²) in [5.41, 5.74) is 8.89. The van der Waals surface area contributed by atoms with Crippen molar-refractivity contribution in [2.24, 2.45) is 10.7 Å². The molecule has 0 saturated heterocycles. The highest BCUT2D eigenvalue weighted by Crippen LogP contribution is 2.29. The molecule has 6 nitrogen and oxygen atoms in total. The van der Waals surface area contributed by atoms with Gasteiger partial charge in [-0.3, -0.25) is 9.30 Å². The zero-order valence-corrected chi connectivity index (χ0v) is 18.2. The Morgan fingerprint density at radius 1 is 1.11 bits per heavy atom. The summed E-state index contributed by atoms with van der Waals surface area (Å²) in [5.74, 6) is 0.223. The molecular weight excluding hydrogens is 475 g/mol. The number of nitrogens with one attached hydrogen (secondary N) is 1. The van der Waals surface area contributed by atoms with E-state index in [1.165, 1.54) is 9.87 Å². The Hall–Kier alpha value is -1.81. The van der Waals surface area contributed by atoms with Crippen molar-refractivity contribution in [3.8, 4) is 0 Å². The molecule has 2 aromatic carbocycles. The van der Waals surface area contributed by atoms with E-state index in [4.69, 9.17) is 5.73 Å². The summed E-state index contributed by atoms with van der Waals surface area (Å²) < 4.78 is 26.6. The van der Waals surface area contributed by atoms with Crippen molar-refractivity contribution in [2.75, 3.05) is 29.7 Å². The molecule has 0 fully saturated rings. The fourth-order valence-corrected chi connectivity index (χ4v) is 4.41. The fraction of sp³-hybridized carbons (Fsp3) is 0.316. The molecule has 146 valence electrons. The fourth-order valence-electron chi connectivity index (χ4n) is 3.02. The van der Waals surface area contributed by atoms with E-state index in [0.717, 1.165) is 24.1 Å². The lowest BCUT2D eigenvalue weighted by Gasteiger charge is -2.18. The van der Waals surface area contributed by atoms with E-state index < -0.39 is 10.0 Å². The van der Waals surface area contributed by atoms with Crippen molar-refractivity contribution in [3.05, 3.63) is 65.7 Å². The maximum Gasteiger partial charge on any atom is 0.237 e. The number of para-hydroxylation sites is 1. The van der Waals surface area contributed by atoms with Gasteiger partial charge in [-0.25, -0.2) is 8.42 Å². The van der Waals surface area contributed by atoms with Gasteiger partial charge in [0.1, 0.15) is 0 Å². The first-order valence-corrected chi connectivity index (χ1v) is 10.3. The molecule has 0 aromatic heterocycles. The number of fused-ring (bicyclic) bond motifs is 1. The SMILES string of the molecule is I.NC(=NCCS(=O)(=O)N1CCc2ccccc21)NCCc1ccccc1. The van der Waals surface area contributed by atoms with Crippen LogP contribution in [-0.2, 0) is 22.9 Å². The molecule has 0 atom stereocenters. The lowest BCUT2D eigenvalue weighted by atomic mass is 10.1. The number of sulfonamides is 1. The van der Waals surface area contributed by atoms with Gasteiger partial charge < -0.3 is 11.1 Å². The van der Waals surface area contributed by atoms with Gasteiger partial charge in [-0.2, -0.15) is 0 Å². The van der Waals surface area contributed by atoms with Crippen molar-refractivity contribution in [1.82, 2.24) is 5.32 Å². The smallest absolute Gasteiger partial charge is 0.237 e. The maximum atomic E-state index is 12.6. The van der Waals surface area contributed by atoms with Crippen LogP contribution < -0.4 is 15.4 Å². The van der Waals surface area contributed by atoms with Crippen molar-refractivity contribution < 1.29 is 8.42 Å². The van der Waals surface area contributed by atoms with Crippen LogP contribution in [-0.4, -0.2) is 39.8 Å². The molecule has 27 heavy (non-hydrogen) atoms. The predicted octanol–water partition coefficient (Wildman–Crippen LogP) is 2.14. The number of rotatable bonds is 7. The molecule has 1 aliphatic heterocycles. The number of benzene rings is 2. The summed E-state index contributed by atoms with van der Waals surface area (Å²) in [7, 11) is -3.39. The predicted molar refractivity (Wildman–Crippen MR) is 121 cm³/mol. The van der Waals surface area contributed by atoms with Gasteiger partial charge in [0.25, 0.3) is 0 Å². The number of anilines is 1. The van der Waals surface area contributed by atoms with Gasteiger partial charge in [-0.1, -0.05) is 48.5 Å². The van der Waals surface area contributed by atoms with Crippen LogP contribution in [0.1, 0.15) is 11.1 Å². The molecule has 3 rings (SSSR count). The largest absolute Gasteiger partial charge is 0.370 e. The van der Waals surface area contributed by atoms with Crippen LogP contribution in [0.2, 0.25) is 0 Å². The van der Waals surface area contributed by atoms with E-state index in [0.29, 0.717) is 13.1 Å². The molecule has 8 heteroatoms. The average Bonchev–Trinajstić information content (AvgIpc) is 3.07. The maximum absolute atomic E-state index is 12.6. The van der Waals surface area contributed by atoms with Crippen molar-refractivity contribution in [2.45, 2.75) is 12.8 Å². The van der Waals surface area contributed by atoms with Crippen LogP contribution in [0.4, 0.5) is 5.69 Å². The van der Waals surface area contributed by atoms with Gasteiger partial charge in [0, 0.05) is 13.1 Å². The average molecular weight is 500 g/mol. The summed E-state index contributed by atoms with van der Waals surface area (Å²) in [6.07, 6.45) is 1.59. The van der Waals surface area contributed by atoms with E-state index in [-0.39, 0.29) is 42.2 Å². The Balaban J connectivity index is 0.00000261. The monoisotopic (exact) mass is 500 g/mol. The Bertz CT molecular complexity index is 872. The van der Waals surface area contributed by atoms with E-state index >= 15 is 0 Å². The highest BCUT2D eigenvalue weighted by Gasteiger charge is 2.28. The molecule has 1 heterocycles. The van der Waals surface area contributed by atoms with Crippen molar-refractivity contribution in [3.63, 3.8) is 0 Å². The zero-order valence-electron chi connectivity index (χ0n) is 15.0. The molecule has 0 aliphatic carbocycles. The van der Waals surface area contributed by atoms with Crippen LogP contribution in [0.25, 0.3) is 0 Å². The standard InChI is InChI=1S/C19H24N4O2S.HI/c20-19(21-12-10-16-6-2-1-3-7-16)22-13-15-26(24,25)23-14-11-17-8-4-5-9-18(17)23;/h1-9H,10-15H2,(H3,20,21,22);1H. The molecule has 0 spiro atoms. The Morgan fingerprint density at radius 2 is 1.81 bits per heavy atom. The summed E-state index contributed by atoms with van der Waals surface area (Å²) in [4.78, 5) is 4.15. The molecule has 3 N–H and O–H groups in total. The minimum atomic E-state index is -3.39. The highest BCUT2D eigenvalue weighted by atomic mass is 127.